The molecule has 1 aliphatic heterocycles. The van der Waals surface area contributed by atoms with Gasteiger partial charge in [-0.2, -0.15) is 0 Å². The maximum atomic E-state index is 14.9. The van der Waals surface area contributed by atoms with Crippen LogP contribution in [-0.4, -0.2) is 35.1 Å². The topological polar surface area (TPSA) is 71.3 Å². The van der Waals surface area contributed by atoms with Crippen molar-refractivity contribution in [2.45, 2.75) is 57.5 Å². The summed E-state index contributed by atoms with van der Waals surface area (Å²) in [6.07, 6.45) is 4.84. The fraction of sp³-hybridized carbons (Fsp3) is 0.414. The molecule has 2 aliphatic carbocycles. The second-order valence-corrected chi connectivity index (χ2v) is 13.1. The monoisotopic (exact) mass is 584 g/mol. The van der Waals surface area contributed by atoms with Crippen LogP contribution in [0.15, 0.2) is 34.9 Å². The summed E-state index contributed by atoms with van der Waals surface area (Å²) in [6.45, 7) is 4.10. The minimum absolute atomic E-state index is 0.0282. The second kappa shape index (κ2) is 9.54. The molecule has 6 nitrogen and oxygen atoms in total. The van der Waals surface area contributed by atoms with Gasteiger partial charge in [0.1, 0.15) is 17.0 Å². The van der Waals surface area contributed by atoms with Crippen molar-refractivity contribution >= 4 is 55.7 Å². The van der Waals surface area contributed by atoms with Crippen LogP contribution in [0.4, 0.5) is 9.52 Å². The first-order valence-corrected chi connectivity index (χ1v) is 14.9. The normalized spacial score (nSPS) is 20.2. The number of nitrogens with one attached hydrogen (secondary N) is 1. The van der Waals surface area contributed by atoms with Crippen molar-refractivity contribution in [1.29, 1.82) is 0 Å². The van der Waals surface area contributed by atoms with Crippen LogP contribution in [0.5, 0.6) is 0 Å². The molecule has 1 N–H and O–H groups in total. The third kappa shape index (κ3) is 4.65. The molecule has 2 saturated carbocycles. The van der Waals surface area contributed by atoms with Crippen LogP contribution in [0.25, 0.3) is 21.5 Å². The molecular formula is C29H27Cl2FN4O2S. The highest BCUT2D eigenvalue weighted by Crippen LogP contribution is 2.48. The molecule has 2 aromatic carbocycles. The van der Waals surface area contributed by atoms with Crippen molar-refractivity contribution in [3.8, 4) is 11.3 Å². The van der Waals surface area contributed by atoms with Gasteiger partial charge in [0.2, 0.25) is 0 Å². The molecule has 0 spiro atoms. The number of halogens is 3. The Kier molecular flexibility index (Phi) is 6.23. The first kappa shape index (κ1) is 25.4. The van der Waals surface area contributed by atoms with Crippen LogP contribution in [0.3, 0.4) is 0 Å². The Hall–Kier alpha value is -2.52. The van der Waals surface area contributed by atoms with Gasteiger partial charge in [0, 0.05) is 53.7 Å². The first-order chi connectivity index (χ1) is 18.8. The lowest BCUT2D eigenvalue weighted by atomic mass is 9.97. The molecule has 39 heavy (non-hydrogen) atoms. The maximum Gasteiger partial charge on any atom is 0.186 e. The van der Waals surface area contributed by atoms with Gasteiger partial charge in [0.15, 0.2) is 16.7 Å². The van der Waals surface area contributed by atoms with Crippen LogP contribution < -0.4 is 10.2 Å². The van der Waals surface area contributed by atoms with Gasteiger partial charge in [-0.15, -0.1) is 0 Å². The highest BCUT2D eigenvalue weighted by Gasteiger charge is 2.45. The number of fused-ring (bicyclic) bond motifs is 1. The molecule has 1 atom stereocenters. The Morgan fingerprint density at radius 2 is 2.00 bits per heavy atom. The third-order valence-corrected chi connectivity index (χ3v) is 9.93. The van der Waals surface area contributed by atoms with Crippen LogP contribution >= 0.6 is 34.5 Å². The Labute approximate surface area is 239 Å². The quantitative estimate of drug-likeness (QED) is 0.215. The van der Waals surface area contributed by atoms with Crippen molar-refractivity contribution in [3.63, 3.8) is 0 Å². The van der Waals surface area contributed by atoms with E-state index in [1.54, 1.807) is 0 Å². The predicted molar refractivity (Wildman–Crippen MR) is 153 cm³/mol. The number of anilines is 1. The van der Waals surface area contributed by atoms with E-state index in [-0.39, 0.29) is 17.2 Å². The summed E-state index contributed by atoms with van der Waals surface area (Å²) >= 11 is 14.5. The number of benzene rings is 2. The fourth-order valence-electron chi connectivity index (χ4n) is 5.43. The zero-order valence-electron chi connectivity index (χ0n) is 21.4. The van der Waals surface area contributed by atoms with Gasteiger partial charge in [-0.3, -0.25) is 4.79 Å². The third-order valence-electron chi connectivity index (χ3n) is 8.24. The lowest BCUT2D eigenvalue weighted by molar-refractivity contribution is 0.0912. The van der Waals surface area contributed by atoms with Crippen molar-refractivity contribution < 1.29 is 13.7 Å². The van der Waals surface area contributed by atoms with Gasteiger partial charge in [0.25, 0.3) is 0 Å². The Balaban J connectivity index is 1.08. The number of thiazole rings is 1. The van der Waals surface area contributed by atoms with Gasteiger partial charge >= 0.3 is 0 Å². The lowest BCUT2D eigenvalue weighted by Crippen LogP contribution is -2.32. The molecule has 3 fully saturated rings. The number of carbonyl (C=O) groups is 1. The summed E-state index contributed by atoms with van der Waals surface area (Å²) in [4.78, 5) is 19.6. The highest BCUT2D eigenvalue weighted by molar-refractivity contribution is 7.22. The van der Waals surface area contributed by atoms with Gasteiger partial charge in [0.05, 0.1) is 14.7 Å². The summed E-state index contributed by atoms with van der Waals surface area (Å²) in [7, 11) is 0. The lowest BCUT2D eigenvalue weighted by Gasteiger charge is -2.16. The fourth-order valence-corrected chi connectivity index (χ4v) is 7.06. The molecule has 1 unspecified atom stereocenters. The summed E-state index contributed by atoms with van der Waals surface area (Å²) in [6, 6.07) is 8.82. The summed E-state index contributed by atoms with van der Waals surface area (Å²) in [5.74, 6) is 0.902. The molecule has 3 aliphatic rings. The predicted octanol–water partition coefficient (Wildman–Crippen LogP) is 7.63. The van der Waals surface area contributed by atoms with E-state index < -0.39 is 5.82 Å². The summed E-state index contributed by atoms with van der Waals surface area (Å²) < 4.78 is 21.5. The Bertz CT molecular complexity index is 1590. The summed E-state index contributed by atoms with van der Waals surface area (Å²) in [5.41, 5.74) is 2.86. The van der Waals surface area contributed by atoms with Crippen molar-refractivity contribution in [1.82, 2.24) is 15.5 Å². The van der Waals surface area contributed by atoms with Gasteiger partial charge < -0.3 is 14.7 Å². The Morgan fingerprint density at radius 3 is 2.72 bits per heavy atom. The molecule has 1 saturated heterocycles. The standard InChI is InChI=1S/C29H27Cl2FN4O2S/c1-29(8-9-29)27(37)16-11-21(32)25-22(12-16)39-28(34-25)36-10-7-17(14-36)33-13-18-24(35-38-26(18)15-5-6-15)23-19(30)3-2-4-20(23)31/h2-4,11-12,15,17,33H,5-10,13-14H2,1H3. The number of rotatable bonds is 8. The zero-order chi connectivity index (χ0) is 26.9. The number of hydrogen-bond donors (Lipinski definition) is 1. The van der Waals surface area contributed by atoms with E-state index in [2.05, 4.69) is 20.4 Å². The van der Waals surface area contributed by atoms with E-state index in [9.17, 15) is 9.18 Å². The molecule has 0 bridgehead atoms. The van der Waals surface area contributed by atoms with Crippen molar-refractivity contribution in [3.05, 3.63) is 63.1 Å². The smallest absolute Gasteiger partial charge is 0.186 e. The van der Waals surface area contributed by atoms with E-state index in [1.807, 2.05) is 31.2 Å². The minimum Gasteiger partial charge on any atom is -0.360 e. The van der Waals surface area contributed by atoms with E-state index in [4.69, 9.17) is 27.7 Å². The SMILES string of the molecule is CC1(C(=O)c2cc(F)c3nc(N4CCC(NCc5c(-c6c(Cl)cccc6Cl)noc5C5CC5)C4)sc3c2)CC1. The van der Waals surface area contributed by atoms with Crippen LogP contribution in [-0.2, 0) is 6.54 Å². The van der Waals surface area contributed by atoms with Crippen molar-refractivity contribution in [2.75, 3.05) is 18.0 Å². The maximum absolute atomic E-state index is 14.9. The molecule has 10 heteroatoms. The summed E-state index contributed by atoms with van der Waals surface area (Å²) in [5, 5.41) is 9.94. The average molecular weight is 586 g/mol. The molecule has 4 aromatic rings. The van der Waals surface area contributed by atoms with E-state index in [0.29, 0.717) is 49.5 Å². The number of Topliss-reactive ketones (excluding diaryl/α,β-unsaturated/α-hetero) is 1. The van der Waals surface area contributed by atoms with E-state index in [1.165, 1.54) is 17.4 Å². The minimum atomic E-state index is -0.428. The highest BCUT2D eigenvalue weighted by atomic mass is 35.5. The van der Waals surface area contributed by atoms with E-state index in [0.717, 1.165) is 61.6 Å². The Morgan fingerprint density at radius 1 is 1.23 bits per heavy atom. The number of nitrogens with zero attached hydrogens (tertiary/aromatic N) is 3. The zero-order valence-corrected chi connectivity index (χ0v) is 23.7. The van der Waals surface area contributed by atoms with Crippen molar-refractivity contribution in [2.24, 2.45) is 5.41 Å². The number of ketones is 1. The van der Waals surface area contributed by atoms with Gasteiger partial charge in [-0.25, -0.2) is 9.37 Å². The number of aromatic nitrogens is 2. The second-order valence-electron chi connectivity index (χ2n) is 11.2. The average Bonchev–Trinajstić information content (AvgIpc) is 3.73. The molecule has 2 aromatic heterocycles. The molecule has 3 heterocycles. The number of carbonyl (C=O) groups excluding carboxylic acids is 1. The number of hydrogen-bond acceptors (Lipinski definition) is 7. The largest absolute Gasteiger partial charge is 0.360 e. The van der Waals surface area contributed by atoms with E-state index >= 15 is 0 Å². The molecule has 202 valence electrons. The van der Waals surface area contributed by atoms with Gasteiger partial charge in [-0.05, 0) is 56.4 Å². The molecule has 0 radical (unpaired) electrons. The van der Waals surface area contributed by atoms with Crippen LogP contribution in [0, 0.1) is 11.2 Å². The molecule has 7 rings (SSSR count). The van der Waals surface area contributed by atoms with Gasteiger partial charge in [-0.1, -0.05) is 52.7 Å². The van der Waals surface area contributed by atoms with Crippen LogP contribution in [0.1, 0.15) is 66.6 Å². The molecular weight excluding hydrogens is 558 g/mol. The van der Waals surface area contributed by atoms with Crippen LogP contribution in [0.2, 0.25) is 10.0 Å². The molecule has 0 amide bonds. The first-order valence-electron chi connectivity index (χ1n) is 13.4.